The summed E-state index contributed by atoms with van der Waals surface area (Å²) in [5, 5.41) is 3.18. The zero-order valence-electron chi connectivity index (χ0n) is 18.7. The first-order valence-electron chi connectivity index (χ1n) is 11.7. The highest BCUT2D eigenvalue weighted by Gasteiger charge is 2.34. The van der Waals surface area contributed by atoms with Crippen molar-refractivity contribution in [2.45, 2.75) is 50.3 Å². The van der Waals surface area contributed by atoms with Gasteiger partial charge in [0.25, 0.3) is 5.56 Å². The lowest BCUT2D eigenvalue weighted by Gasteiger charge is -2.36. The van der Waals surface area contributed by atoms with Crippen molar-refractivity contribution in [2.24, 2.45) is 0 Å². The predicted octanol–water partition coefficient (Wildman–Crippen LogP) is 4.81. The van der Waals surface area contributed by atoms with Crippen LogP contribution in [0.5, 0.6) is 0 Å². The van der Waals surface area contributed by atoms with E-state index in [1.54, 1.807) is 12.1 Å². The molecule has 1 amide bonds. The van der Waals surface area contributed by atoms with Gasteiger partial charge in [0.1, 0.15) is 11.9 Å². The van der Waals surface area contributed by atoms with Crippen LogP contribution < -0.4 is 10.9 Å². The van der Waals surface area contributed by atoms with Crippen molar-refractivity contribution in [3.8, 4) is 11.1 Å². The van der Waals surface area contributed by atoms with E-state index < -0.39 is 6.10 Å². The first-order valence-corrected chi connectivity index (χ1v) is 12.5. The van der Waals surface area contributed by atoms with Crippen molar-refractivity contribution in [3.05, 3.63) is 92.6 Å². The van der Waals surface area contributed by atoms with E-state index in [0.29, 0.717) is 23.9 Å². The highest BCUT2D eigenvalue weighted by atomic mass is 79.9. The van der Waals surface area contributed by atoms with Crippen LogP contribution in [0.4, 0.5) is 4.39 Å². The summed E-state index contributed by atoms with van der Waals surface area (Å²) in [4.78, 5) is 26.0. The van der Waals surface area contributed by atoms with E-state index in [1.165, 1.54) is 12.1 Å². The number of fused-ring (bicyclic) bond motifs is 1. The Morgan fingerprint density at radius 3 is 2.65 bits per heavy atom. The summed E-state index contributed by atoms with van der Waals surface area (Å²) in [6.07, 6.45) is 3.20. The lowest BCUT2D eigenvalue weighted by Crippen LogP contribution is -2.50. The van der Waals surface area contributed by atoms with Crippen LogP contribution in [0.2, 0.25) is 0 Å². The van der Waals surface area contributed by atoms with Gasteiger partial charge < -0.3 is 14.6 Å². The number of pyridine rings is 1. The summed E-state index contributed by atoms with van der Waals surface area (Å²) < 4.78 is 21.7. The zero-order valence-corrected chi connectivity index (χ0v) is 20.3. The Labute approximate surface area is 206 Å². The molecule has 0 aliphatic carbocycles. The van der Waals surface area contributed by atoms with E-state index in [2.05, 4.69) is 21.2 Å². The lowest BCUT2D eigenvalue weighted by molar-refractivity contribution is -0.131. The Balaban J connectivity index is 1.48. The average Bonchev–Trinajstić information content (AvgIpc) is 3.38. The van der Waals surface area contributed by atoms with Crippen LogP contribution in [-0.2, 0) is 22.4 Å². The predicted molar refractivity (Wildman–Crippen MR) is 132 cm³/mol. The van der Waals surface area contributed by atoms with E-state index >= 15 is 0 Å². The first-order chi connectivity index (χ1) is 16.5. The highest BCUT2D eigenvalue weighted by Crippen LogP contribution is 2.30. The van der Waals surface area contributed by atoms with E-state index in [-0.39, 0.29) is 29.4 Å². The minimum absolute atomic E-state index is 0.0974. The van der Waals surface area contributed by atoms with E-state index in [0.717, 1.165) is 41.6 Å². The molecule has 5 nitrogen and oxygen atoms in total. The molecule has 1 aromatic heterocycles. The molecule has 34 heavy (non-hydrogen) atoms. The van der Waals surface area contributed by atoms with Gasteiger partial charge in [-0.05, 0) is 89.0 Å². The van der Waals surface area contributed by atoms with Gasteiger partial charge >= 0.3 is 0 Å². The van der Waals surface area contributed by atoms with Crippen LogP contribution in [0.25, 0.3) is 11.1 Å². The number of nitrogens with zero attached hydrogens (tertiary/aromatic N) is 1. The van der Waals surface area contributed by atoms with E-state index in [9.17, 15) is 14.0 Å². The number of aryl methyl sites for hydroxylation is 1. The van der Waals surface area contributed by atoms with Gasteiger partial charge in [0.15, 0.2) is 0 Å². The molecule has 2 aromatic carbocycles. The molecule has 2 aliphatic rings. The number of carbonyl (C=O) groups is 1. The highest BCUT2D eigenvalue weighted by molar-refractivity contribution is 9.10. The summed E-state index contributed by atoms with van der Waals surface area (Å²) in [6.45, 7) is 0.605. The number of halogens is 2. The monoisotopic (exact) mass is 524 g/mol. The van der Waals surface area contributed by atoms with Gasteiger partial charge in [0, 0.05) is 12.3 Å². The van der Waals surface area contributed by atoms with Crippen molar-refractivity contribution in [3.63, 3.8) is 0 Å². The molecule has 2 aliphatic heterocycles. The molecule has 1 fully saturated rings. The van der Waals surface area contributed by atoms with E-state index in [1.807, 2.05) is 41.0 Å². The number of benzene rings is 2. The van der Waals surface area contributed by atoms with Gasteiger partial charge in [-0.2, -0.15) is 0 Å². The molecule has 7 heteroatoms. The van der Waals surface area contributed by atoms with Gasteiger partial charge in [-0.25, -0.2) is 4.39 Å². The zero-order chi connectivity index (χ0) is 23.7. The number of ether oxygens (including phenoxy) is 1. The molecule has 0 saturated carbocycles. The fourth-order valence-corrected chi connectivity index (χ4v) is 5.38. The van der Waals surface area contributed by atoms with Crippen LogP contribution in [0.3, 0.4) is 0 Å². The van der Waals surface area contributed by atoms with Crippen LogP contribution in [0, 0.1) is 5.82 Å². The summed E-state index contributed by atoms with van der Waals surface area (Å²) in [5.41, 5.74) is 3.59. The quantitative estimate of drug-likeness (QED) is 0.520. The number of hydrogen-bond acceptors (Lipinski definition) is 3. The molecule has 3 heterocycles. The SMILES string of the molecule is O=C(NC1CCc2ccc(Br)c(=O)n2C1Cc1cccc(-c2cccc(F)c2)c1)[C@@H]1CCCO1. The molecule has 0 radical (unpaired) electrons. The maximum Gasteiger partial charge on any atom is 0.265 e. The maximum atomic E-state index is 13.8. The third-order valence-corrected chi connectivity index (χ3v) is 7.35. The second kappa shape index (κ2) is 9.84. The Kier molecular flexibility index (Phi) is 6.66. The number of aromatic nitrogens is 1. The van der Waals surface area contributed by atoms with Crippen molar-refractivity contribution < 1.29 is 13.9 Å². The van der Waals surface area contributed by atoms with Gasteiger partial charge in [-0.15, -0.1) is 0 Å². The molecular formula is C27H26BrFN2O3. The largest absolute Gasteiger partial charge is 0.368 e. The molecule has 0 bridgehead atoms. The summed E-state index contributed by atoms with van der Waals surface area (Å²) >= 11 is 3.38. The Hall–Kier alpha value is -2.77. The maximum absolute atomic E-state index is 13.8. The average molecular weight is 525 g/mol. The number of hydrogen-bond donors (Lipinski definition) is 1. The van der Waals surface area contributed by atoms with Gasteiger partial charge in [-0.1, -0.05) is 36.4 Å². The fourth-order valence-electron chi connectivity index (χ4n) is 5.06. The topological polar surface area (TPSA) is 60.3 Å². The van der Waals surface area contributed by atoms with Crippen LogP contribution in [0.15, 0.2) is 69.9 Å². The molecular weight excluding hydrogens is 499 g/mol. The smallest absolute Gasteiger partial charge is 0.265 e. The number of carbonyl (C=O) groups excluding carboxylic acids is 1. The van der Waals surface area contributed by atoms with Crippen molar-refractivity contribution >= 4 is 21.8 Å². The molecule has 5 rings (SSSR count). The second-order valence-corrected chi connectivity index (χ2v) is 9.84. The molecule has 176 valence electrons. The number of amides is 1. The number of rotatable bonds is 5. The fraction of sp³-hybridized carbons (Fsp3) is 0.333. The Morgan fingerprint density at radius 1 is 1.09 bits per heavy atom. The summed E-state index contributed by atoms with van der Waals surface area (Å²) in [5.74, 6) is -0.384. The van der Waals surface area contributed by atoms with Crippen molar-refractivity contribution in [2.75, 3.05) is 6.61 Å². The minimum Gasteiger partial charge on any atom is -0.368 e. The lowest BCUT2D eigenvalue weighted by atomic mass is 9.89. The molecule has 3 aromatic rings. The van der Waals surface area contributed by atoms with Gasteiger partial charge in [0.05, 0.1) is 16.6 Å². The first kappa shape index (κ1) is 23.0. The second-order valence-electron chi connectivity index (χ2n) is 8.99. The van der Waals surface area contributed by atoms with E-state index in [4.69, 9.17) is 4.74 Å². The molecule has 0 spiro atoms. The summed E-state index contributed by atoms with van der Waals surface area (Å²) in [6, 6.07) is 17.8. The van der Waals surface area contributed by atoms with Crippen LogP contribution >= 0.6 is 15.9 Å². The number of nitrogens with one attached hydrogen (secondary N) is 1. The Morgan fingerprint density at radius 2 is 1.88 bits per heavy atom. The van der Waals surface area contributed by atoms with Crippen LogP contribution in [0.1, 0.15) is 36.6 Å². The van der Waals surface area contributed by atoms with Gasteiger partial charge in [0.2, 0.25) is 5.91 Å². The van der Waals surface area contributed by atoms with Crippen LogP contribution in [-0.4, -0.2) is 29.2 Å². The normalized spacial score (nSPS) is 21.8. The standard InChI is InChI=1S/C27H26BrFN2O3/c28-22-11-9-21-10-12-23(30-26(32)25-8-3-13-34-25)24(31(21)27(22)33)15-17-4-1-5-18(14-17)19-6-2-7-20(29)16-19/h1-2,4-7,9,11,14,16,23-25H,3,8,10,12-13,15H2,(H,30,32)/t23?,24?,25-/m0/s1. The molecule has 1 saturated heterocycles. The molecule has 2 unspecified atom stereocenters. The van der Waals surface area contributed by atoms with Crippen molar-refractivity contribution in [1.29, 1.82) is 0 Å². The molecule has 3 atom stereocenters. The molecule has 1 N–H and O–H groups in total. The third kappa shape index (κ3) is 4.72. The minimum atomic E-state index is -0.419. The van der Waals surface area contributed by atoms with Crippen molar-refractivity contribution in [1.82, 2.24) is 9.88 Å². The summed E-state index contributed by atoms with van der Waals surface area (Å²) in [7, 11) is 0. The Bertz CT molecular complexity index is 1270. The van der Waals surface area contributed by atoms with Gasteiger partial charge in [-0.3, -0.25) is 9.59 Å². The third-order valence-electron chi connectivity index (χ3n) is 6.74.